The number of rotatable bonds is 1. The molecule has 0 radical (unpaired) electrons. The van der Waals surface area contributed by atoms with Crippen LogP contribution in [0.5, 0.6) is 0 Å². The summed E-state index contributed by atoms with van der Waals surface area (Å²) >= 11 is 0. The number of benzene rings is 2. The molecule has 4 heteroatoms. The molecule has 0 atom stereocenters. The Hall–Kier alpha value is -2.15. The van der Waals surface area contributed by atoms with Gasteiger partial charge in [-0.05, 0) is 18.2 Å². The van der Waals surface area contributed by atoms with Crippen LogP contribution in [0, 0.1) is 11.8 Å². The van der Waals surface area contributed by atoms with E-state index in [9.17, 15) is 12.9 Å². The van der Waals surface area contributed by atoms with E-state index >= 15 is 0 Å². The van der Waals surface area contributed by atoms with E-state index in [1.165, 1.54) is 6.07 Å². The SMILES string of the molecule is F[B-](F)(F)c1cccc(C#Cc2ccccc2)c1. The Labute approximate surface area is 104 Å². The fourth-order valence-electron chi connectivity index (χ4n) is 1.49. The van der Waals surface area contributed by atoms with E-state index in [0.717, 1.165) is 17.7 Å². The summed E-state index contributed by atoms with van der Waals surface area (Å²) in [6, 6.07) is 14.2. The molecule has 2 aromatic rings. The van der Waals surface area contributed by atoms with Crippen molar-refractivity contribution in [1.29, 1.82) is 0 Å². The molecule has 0 bridgehead atoms. The smallest absolute Gasteiger partial charge is 0.445 e. The van der Waals surface area contributed by atoms with Gasteiger partial charge >= 0.3 is 6.98 Å². The largest absolute Gasteiger partial charge is 0.509 e. The Kier molecular flexibility index (Phi) is 3.43. The third-order valence-corrected chi connectivity index (χ3v) is 2.39. The lowest BCUT2D eigenvalue weighted by Crippen LogP contribution is -2.33. The Balaban J connectivity index is 2.29. The quantitative estimate of drug-likeness (QED) is 0.534. The summed E-state index contributed by atoms with van der Waals surface area (Å²) in [4.78, 5) is 0. The average Bonchev–Trinajstić information content (AvgIpc) is 2.37. The maximum absolute atomic E-state index is 12.5. The zero-order valence-electron chi connectivity index (χ0n) is 9.41. The number of hydrogen-bond acceptors (Lipinski definition) is 0. The predicted octanol–water partition coefficient (Wildman–Crippen LogP) is 3.14. The highest BCUT2D eigenvalue weighted by Crippen LogP contribution is 2.09. The monoisotopic (exact) mass is 245 g/mol. The van der Waals surface area contributed by atoms with Gasteiger partial charge in [0.25, 0.3) is 0 Å². The number of hydrogen-bond donors (Lipinski definition) is 0. The first-order chi connectivity index (χ1) is 8.55. The summed E-state index contributed by atoms with van der Waals surface area (Å²) in [6.07, 6.45) is 0. The van der Waals surface area contributed by atoms with Gasteiger partial charge in [-0.25, -0.2) is 0 Å². The Morgan fingerprint density at radius 3 is 2.00 bits per heavy atom. The van der Waals surface area contributed by atoms with Crippen LogP contribution in [-0.2, 0) is 0 Å². The summed E-state index contributed by atoms with van der Waals surface area (Å²) in [7, 11) is 0. The Bertz CT molecular complexity index is 592. The van der Waals surface area contributed by atoms with Crippen LogP contribution in [0.3, 0.4) is 0 Å². The van der Waals surface area contributed by atoms with Gasteiger partial charge in [0.15, 0.2) is 0 Å². The molecule has 0 aliphatic rings. The highest BCUT2D eigenvalue weighted by atomic mass is 19.4. The zero-order chi connectivity index (χ0) is 13.0. The van der Waals surface area contributed by atoms with E-state index in [0.29, 0.717) is 5.56 Å². The van der Waals surface area contributed by atoms with Gasteiger partial charge in [0.05, 0.1) is 0 Å². The fourth-order valence-corrected chi connectivity index (χ4v) is 1.49. The van der Waals surface area contributed by atoms with Crippen molar-refractivity contribution in [1.82, 2.24) is 0 Å². The molecule has 2 aromatic carbocycles. The van der Waals surface area contributed by atoms with E-state index in [2.05, 4.69) is 11.8 Å². The normalized spacial score (nSPS) is 10.6. The van der Waals surface area contributed by atoms with Crippen LogP contribution in [0.15, 0.2) is 54.6 Å². The summed E-state index contributed by atoms with van der Waals surface area (Å²) in [5, 5.41) is 0. The average molecular weight is 245 g/mol. The summed E-state index contributed by atoms with van der Waals surface area (Å²) in [5.41, 5.74) is 0.533. The van der Waals surface area contributed by atoms with Crippen LogP contribution in [0.1, 0.15) is 11.1 Å². The van der Waals surface area contributed by atoms with Crippen LogP contribution >= 0.6 is 0 Å². The molecular formula is C14H9BF3-. The topological polar surface area (TPSA) is 0 Å². The first-order valence-electron chi connectivity index (χ1n) is 5.43. The van der Waals surface area contributed by atoms with E-state index in [-0.39, 0.29) is 0 Å². The van der Waals surface area contributed by atoms with E-state index in [1.807, 2.05) is 30.3 Å². The molecule has 0 fully saturated rings. The van der Waals surface area contributed by atoms with Crippen molar-refractivity contribution < 1.29 is 12.9 Å². The van der Waals surface area contributed by atoms with Crippen molar-refractivity contribution in [2.24, 2.45) is 0 Å². The van der Waals surface area contributed by atoms with Crippen LogP contribution in [0.2, 0.25) is 0 Å². The van der Waals surface area contributed by atoms with Crippen molar-refractivity contribution in [3.63, 3.8) is 0 Å². The Morgan fingerprint density at radius 2 is 1.33 bits per heavy atom. The third kappa shape index (κ3) is 3.17. The maximum atomic E-state index is 12.5. The van der Waals surface area contributed by atoms with Crippen molar-refractivity contribution in [2.45, 2.75) is 0 Å². The minimum absolute atomic E-state index is 0.371. The van der Waals surface area contributed by atoms with Gasteiger partial charge in [0, 0.05) is 11.1 Å². The van der Waals surface area contributed by atoms with Gasteiger partial charge in [-0.3, -0.25) is 0 Å². The second-order valence-corrected chi connectivity index (χ2v) is 3.82. The molecule has 0 unspecified atom stereocenters. The molecular weight excluding hydrogens is 236 g/mol. The maximum Gasteiger partial charge on any atom is 0.509 e. The zero-order valence-corrected chi connectivity index (χ0v) is 9.41. The third-order valence-electron chi connectivity index (χ3n) is 2.39. The minimum Gasteiger partial charge on any atom is -0.445 e. The van der Waals surface area contributed by atoms with Gasteiger partial charge in [-0.2, -0.15) is 0 Å². The molecule has 0 nitrogen and oxygen atoms in total. The lowest BCUT2D eigenvalue weighted by atomic mass is 9.79. The first-order valence-corrected chi connectivity index (χ1v) is 5.43. The van der Waals surface area contributed by atoms with Gasteiger partial charge in [-0.1, -0.05) is 48.2 Å². The van der Waals surface area contributed by atoms with E-state index < -0.39 is 12.4 Å². The first kappa shape index (κ1) is 12.3. The molecule has 18 heavy (non-hydrogen) atoms. The van der Waals surface area contributed by atoms with Gasteiger partial charge in [0.2, 0.25) is 0 Å². The summed E-state index contributed by atoms with van der Waals surface area (Å²) < 4.78 is 37.6. The number of halogens is 3. The van der Waals surface area contributed by atoms with Crippen LogP contribution < -0.4 is 5.46 Å². The van der Waals surface area contributed by atoms with Crippen molar-refractivity contribution in [2.75, 3.05) is 0 Å². The van der Waals surface area contributed by atoms with E-state index in [4.69, 9.17) is 0 Å². The molecule has 0 aromatic heterocycles. The highest BCUT2D eigenvalue weighted by Gasteiger charge is 2.25. The van der Waals surface area contributed by atoms with Gasteiger partial charge in [0.1, 0.15) is 0 Å². The molecule has 0 spiro atoms. The second-order valence-electron chi connectivity index (χ2n) is 3.82. The molecule has 90 valence electrons. The predicted molar refractivity (Wildman–Crippen MR) is 67.6 cm³/mol. The van der Waals surface area contributed by atoms with Crippen molar-refractivity contribution >= 4 is 12.4 Å². The van der Waals surface area contributed by atoms with Crippen molar-refractivity contribution in [3.8, 4) is 11.8 Å². The molecule has 0 aliphatic carbocycles. The molecule has 0 saturated carbocycles. The van der Waals surface area contributed by atoms with Crippen LogP contribution in [-0.4, -0.2) is 6.98 Å². The molecule has 0 N–H and O–H groups in total. The highest BCUT2D eigenvalue weighted by molar-refractivity contribution is 6.73. The molecule has 0 saturated heterocycles. The molecule has 0 amide bonds. The summed E-state index contributed by atoms with van der Waals surface area (Å²) in [5.74, 6) is 5.56. The minimum atomic E-state index is -4.96. The van der Waals surface area contributed by atoms with Crippen LogP contribution in [0.25, 0.3) is 0 Å². The lowest BCUT2D eigenvalue weighted by Gasteiger charge is -2.14. The Morgan fingerprint density at radius 1 is 0.722 bits per heavy atom. The molecule has 0 heterocycles. The second kappa shape index (κ2) is 5.01. The summed E-state index contributed by atoms with van der Waals surface area (Å²) in [6.45, 7) is -4.96. The molecule has 0 aliphatic heterocycles. The molecule has 2 rings (SSSR count). The lowest BCUT2D eigenvalue weighted by molar-refractivity contribution is 0.501. The standard InChI is InChI=1S/C14H9BF3/c16-15(17,18)14-8-4-7-13(11-14)10-9-12-5-2-1-3-6-12/h1-8,11H/q-1. The van der Waals surface area contributed by atoms with E-state index in [1.54, 1.807) is 6.07 Å². The fraction of sp³-hybridized carbons (Fsp3) is 0. The van der Waals surface area contributed by atoms with Gasteiger partial charge < -0.3 is 12.9 Å². The van der Waals surface area contributed by atoms with Crippen molar-refractivity contribution in [3.05, 3.63) is 65.7 Å². The van der Waals surface area contributed by atoms with Gasteiger partial charge in [-0.15, -0.1) is 5.46 Å². The van der Waals surface area contributed by atoms with Crippen LogP contribution in [0.4, 0.5) is 12.9 Å².